The van der Waals surface area contributed by atoms with Crippen LogP contribution in [0.4, 0.5) is 0 Å². The van der Waals surface area contributed by atoms with Gasteiger partial charge in [-0.3, -0.25) is 0 Å². The Morgan fingerprint density at radius 1 is 0.750 bits per heavy atom. The number of hydrogen-bond donors (Lipinski definition) is 0. The normalized spacial score (nSPS) is 12.6. The summed E-state index contributed by atoms with van der Waals surface area (Å²) in [6.45, 7) is 1.07. The molecule has 0 saturated heterocycles. The van der Waals surface area contributed by atoms with E-state index in [1.165, 1.54) is 27.9 Å². The van der Waals surface area contributed by atoms with E-state index in [1.54, 1.807) is 0 Å². The molecule has 1 heteroatoms. The summed E-state index contributed by atoms with van der Waals surface area (Å²) in [7, 11) is 0. The smallest absolute Gasteiger partial charge is 0.198 e. The molecule has 0 aliphatic carbocycles. The fraction of sp³-hybridized carbons (Fsp3) is 0.105. The molecule has 20 heavy (non-hydrogen) atoms. The van der Waals surface area contributed by atoms with Crippen LogP contribution < -0.4 is 4.57 Å². The van der Waals surface area contributed by atoms with Crippen LogP contribution in [0.25, 0.3) is 22.4 Å². The molecule has 1 aliphatic heterocycles. The predicted molar refractivity (Wildman–Crippen MR) is 81.2 cm³/mol. The summed E-state index contributed by atoms with van der Waals surface area (Å²) < 4.78 is 2.36. The minimum Gasteiger partial charge on any atom is -0.198 e. The van der Waals surface area contributed by atoms with Crippen LogP contribution in [0.2, 0.25) is 0 Å². The second-order valence-electron chi connectivity index (χ2n) is 5.23. The molecule has 2 aromatic carbocycles. The lowest BCUT2D eigenvalue weighted by molar-refractivity contribution is -0.687. The van der Waals surface area contributed by atoms with Gasteiger partial charge >= 0.3 is 0 Å². The molecule has 0 unspecified atom stereocenters. The van der Waals surface area contributed by atoms with Crippen molar-refractivity contribution in [1.29, 1.82) is 0 Å². The van der Waals surface area contributed by atoms with Gasteiger partial charge in [-0.2, -0.15) is 4.57 Å². The second kappa shape index (κ2) is 4.61. The summed E-state index contributed by atoms with van der Waals surface area (Å²) in [5, 5.41) is 0. The van der Waals surface area contributed by atoms with Gasteiger partial charge in [0.15, 0.2) is 12.7 Å². The topological polar surface area (TPSA) is 3.88 Å². The van der Waals surface area contributed by atoms with E-state index in [1.807, 2.05) is 0 Å². The number of hydrogen-bond acceptors (Lipinski definition) is 0. The Hall–Kier alpha value is -2.41. The quantitative estimate of drug-likeness (QED) is 0.583. The fourth-order valence-electron chi connectivity index (χ4n) is 3.11. The summed E-state index contributed by atoms with van der Waals surface area (Å²) in [6.07, 6.45) is 3.29. The van der Waals surface area contributed by atoms with Crippen LogP contribution in [-0.2, 0) is 13.0 Å². The predicted octanol–water partition coefficient (Wildman–Crippen LogP) is 3.86. The summed E-state index contributed by atoms with van der Waals surface area (Å²) in [4.78, 5) is 0. The Bertz CT molecular complexity index is 760. The van der Waals surface area contributed by atoms with Crippen LogP contribution in [0.15, 0.2) is 72.9 Å². The van der Waals surface area contributed by atoms with E-state index in [-0.39, 0.29) is 0 Å². The molecule has 0 saturated carbocycles. The van der Waals surface area contributed by atoms with E-state index in [0.29, 0.717) is 0 Å². The average Bonchev–Trinajstić information content (AvgIpc) is 2.55. The summed E-state index contributed by atoms with van der Waals surface area (Å²) in [5.74, 6) is 0. The number of rotatable bonds is 1. The van der Waals surface area contributed by atoms with Gasteiger partial charge in [0, 0.05) is 18.6 Å². The highest BCUT2D eigenvalue weighted by molar-refractivity contribution is 5.83. The van der Waals surface area contributed by atoms with E-state index in [0.717, 1.165) is 13.0 Å². The lowest BCUT2D eigenvalue weighted by Crippen LogP contribution is -2.39. The van der Waals surface area contributed by atoms with Crippen molar-refractivity contribution in [2.75, 3.05) is 0 Å². The zero-order chi connectivity index (χ0) is 13.4. The standard InChI is InChI=1S/C19H16N/c1-2-7-15(8-3-1)17-10-6-9-16-12-14-20-13-5-4-11-18(20)19(16)17/h1-11,13H,12,14H2/q+1. The van der Waals surface area contributed by atoms with Crippen molar-refractivity contribution in [2.24, 2.45) is 0 Å². The summed E-state index contributed by atoms with van der Waals surface area (Å²) in [5.41, 5.74) is 6.81. The van der Waals surface area contributed by atoms with Crippen LogP contribution in [0.3, 0.4) is 0 Å². The highest BCUT2D eigenvalue weighted by atomic mass is 15.0. The molecular formula is C19H16N+. The summed E-state index contributed by atoms with van der Waals surface area (Å²) >= 11 is 0. The number of aryl methyl sites for hydroxylation is 2. The zero-order valence-electron chi connectivity index (χ0n) is 11.3. The van der Waals surface area contributed by atoms with Crippen LogP contribution in [0.1, 0.15) is 5.56 Å². The molecule has 3 aromatic rings. The fourth-order valence-corrected chi connectivity index (χ4v) is 3.11. The first-order valence-corrected chi connectivity index (χ1v) is 7.09. The number of fused-ring (bicyclic) bond motifs is 3. The zero-order valence-corrected chi connectivity index (χ0v) is 11.3. The van der Waals surface area contributed by atoms with Gasteiger partial charge in [0.2, 0.25) is 5.69 Å². The molecule has 0 atom stereocenters. The van der Waals surface area contributed by atoms with E-state index in [4.69, 9.17) is 0 Å². The SMILES string of the molecule is c1ccc(-c2cccc3c2-c2cccc[n+]2CC3)cc1. The first kappa shape index (κ1) is 11.4. The van der Waals surface area contributed by atoms with Crippen molar-refractivity contribution in [2.45, 2.75) is 13.0 Å². The lowest BCUT2D eigenvalue weighted by Gasteiger charge is -2.18. The molecule has 0 spiro atoms. The van der Waals surface area contributed by atoms with Gasteiger partial charge in [0.1, 0.15) is 0 Å². The van der Waals surface area contributed by atoms with Crippen LogP contribution in [-0.4, -0.2) is 0 Å². The molecular weight excluding hydrogens is 242 g/mol. The lowest BCUT2D eigenvalue weighted by atomic mass is 9.89. The molecule has 0 N–H and O–H groups in total. The first-order chi connectivity index (χ1) is 9.93. The maximum atomic E-state index is 2.36. The Balaban J connectivity index is 2.01. The van der Waals surface area contributed by atoms with Crippen molar-refractivity contribution >= 4 is 0 Å². The molecule has 0 amide bonds. The third-order valence-electron chi connectivity index (χ3n) is 4.05. The van der Waals surface area contributed by atoms with Crippen molar-refractivity contribution in [3.63, 3.8) is 0 Å². The third kappa shape index (κ3) is 1.75. The number of aromatic nitrogens is 1. The van der Waals surface area contributed by atoms with Gasteiger partial charge < -0.3 is 0 Å². The minimum atomic E-state index is 1.07. The Morgan fingerprint density at radius 2 is 1.60 bits per heavy atom. The van der Waals surface area contributed by atoms with Crippen LogP contribution in [0.5, 0.6) is 0 Å². The maximum absolute atomic E-state index is 2.36. The molecule has 0 fully saturated rings. The van der Waals surface area contributed by atoms with E-state index in [9.17, 15) is 0 Å². The van der Waals surface area contributed by atoms with E-state index < -0.39 is 0 Å². The monoisotopic (exact) mass is 258 g/mol. The third-order valence-corrected chi connectivity index (χ3v) is 4.05. The molecule has 1 nitrogen and oxygen atoms in total. The molecule has 4 rings (SSSR count). The van der Waals surface area contributed by atoms with Crippen molar-refractivity contribution in [3.8, 4) is 22.4 Å². The van der Waals surface area contributed by atoms with Crippen molar-refractivity contribution < 1.29 is 4.57 Å². The highest BCUT2D eigenvalue weighted by Gasteiger charge is 2.24. The van der Waals surface area contributed by atoms with Crippen molar-refractivity contribution in [3.05, 3.63) is 78.5 Å². The van der Waals surface area contributed by atoms with E-state index >= 15 is 0 Å². The number of nitrogens with zero attached hydrogens (tertiary/aromatic N) is 1. The molecule has 0 radical (unpaired) electrons. The summed E-state index contributed by atoms with van der Waals surface area (Å²) in [6, 6.07) is 23.8. The highest BCUT2D eigenvalue weighted by Crippen LogP contribution is 2.35. The first-order valence-electron chi connectivity index (χ1n) is 7.09. The average molecular weight is 258 g/mol. The van der Waals surface area contributed by atoms with Crippen LogP contribution in [0, 0.1) is 0 Å². The molecule has 1 aromatic heterocycles. The number of benzene rings is 2. The van der Waals surface area contributed by atoms with Crippen LogP contribution >= 0.6 is 0 Å². The number of pyridine rings is 1. The van der Waals surface area contributed by atoms with Crippen molar-refractivity contribution in [1.82, 2.24) is 0 Å². The minimum absolute atomic E-state index is 1.07. The van der Waals surface area contributed by atoms with Gasteiger partial charge in [-0.15, -0.1) is 0 Å². The largest absolute Gasteiger partial charge is 0.213 e. The molecule has 0 bridgehead atoms. The Kier molecular flexibility index (Phi) is 2.63. The van der Waals surface area contributed by atoms with E-state index in [2.05, 4.69) is 77.5 Å². The van der Waals surface area contributed by atoms with Gasteiger partial charge in [-0.05, 0) is 22.8 Å². The molecule has 96 valence electrons. The van der Waals surface area contributed by atoms with Gasteiger partial charge in [0.05, 0.1) is 5.56 Å². The van der Waals surface area contributed by atoms with Gasteiger partial charge in [0.25, 0.3) is 0 Å². The molecule has 1 aliphatic rings. The second-order valence-corrected chi connectivity index (χ2v) is 5.23. The maximum Gasteiger partial charge on any atom is 0.213 e. The molecule has 2 heterocycles. The Labute approximate surface area is 119 Å². The van der Waals surface area contributed by atoms with Gasteiger partial charge in [-0.25, -0.2) is 0 Å². The van der Waals surface area contributed by atoms with Gasteiger partial charge in [-0.1, -0.05) is 48.5 Å². The Morgan fingerprint density at radius 3 is 2.50 bits per heavy atom.